The molecule has 0 saturated carbocycles. The molecule has 0 amide bonds. The first kappa shape index (κ1) is 15.6. The summed E-state index contributed by atoms with van der Waals surface area (Å²) in [5.41, 5.74) is 0. The van der Waals surface area contributed by atoms with Gasteiger partial charge >= 0.3 is 0 Å². The highest BCUT2D eigenvalue weighted by Crippen LogP contribution is 2.08. The van der Waals surface area contributed by atoms with Gasteiger partial charge in [0, 0.05) is 12.0 Å². The van der Waals surface area contributed by atoms with Crippen molar-refractivity contribution in [1.82, 2.24) is 10.6 Å². The van der Waals surface area contributed by atoms with E-state index < -0.39 is 0 Å². The fourth-order valence-electron chi connectivity index (χ4n) is 1.76. The van der Waals surface area contributed by atoms with E-state index in [2.05, 4.69) is 24.5 Å². The molecule has 0 bridgehead atoms. The molecule has 0 aromatic carbocycles. The minimum Gasteiger partial charge on any atom is -0.320 e. The minimum atomic E-state index is 0.0388. The van der Waals surface area contributed by atoms with Gasteiger partial charge in [-0.2, -0.15) is 0 Å². The Hall–Kier alpha value is -0.410. The number of carbonyl (C=O) groups excluding carboxylic acids is 1. The van der Waals surface area contributed by atoms with Gasteiger partial charge in [0.1, 0.15) is 0 Å². The van der Waals surface area contributed by atoms with Crippen LogP contribution >= 0.6 is 0 Å². The fourth-order valence-corrected chi connectivity index (χ4v) is 1.76. The smallest absolute Gasteiger partial charge is 0.152 e. The van der Waals surface area contributed by atoms with Crippen LogP contribution in [0, 0.1) is 5.92 Å². The summed E-state index contributed by atoms with van der Waals surface area (Å²) < 4.78 is 0. The van der Waals surface area contributed by atoms with Gasteiger partial charge < -0.3 is 10.6 Å². The lowest BCUT2D eigenvalue weighted by Crippen LogP contribution is -2.42. The molecule has 96 valence electrons. The van der Waals surface area contributed by atoms with Crippen molar-refractivity contribution in [3.8, 4) is 0 Å². The summed E-state index contributed by atoms with van der Waals surface area (Å²) in [7, 11) is 1.96. The van der Waals surface area contributed by atoms with Crippen molar-refractivity contribution in [2.24, 2.45) is 5.92 Å². The first-order valence-corrected chi connectivity index (χ1v) is 6.43. The van der Waals surface area contributed by atoms with E-state index in [9.17, 15) is 4.79 Å². The van der Waals surface area contributed by atoms with Crippen LogP contribution in [0.3, 0.4) is 0 Å². The summed E-state index contributed by atoms with van der Waals surface area (Å²) >= 11 is 0. The molecule has 0 aliphatic carbocycles. The molecule has 0 saturated heterocycles. The van der Waals surface area contributed by atoms with Crippen molar-refractivity contribution in [3.63, 3.8) is 0 Å². The number of Topliss-reactive ketones (excluding diaryl/α,β-unsaturated/α-hetero) is 1. The molecule has 3 nitrogen and oxygen atoms in total. The van der Waals surface area contributed by atoms with Gasteiger partial charge in [0.2, 0.25) is 0 Å². The van der Waals surface area contributed by atoms with E-state index in [1.54, 1.807) is 0 Å². The number of hydrogen-bond acceptors (Lipinski definition) is 3. The van der Waals surface area contributed by atoms with Crippen LogP contribution in [0.25, 0.3) is 0 Å². The van der Waals surface area contributed by atoms with Crippen LogP contribution in [0.1, 0.15) is 47.0 Å². The van der Waals surface area contributed by atoms with Gasteiger partial charge in [-0.1, -0.05) is 34.1 Å². The van der Waals surface area contributed by atoms with Crippen LogP contribution in [-0.2, 0) is 4.79 Å². The van der Waals surface area contributed by atoms with Crippen molar-refractivity contribution in [1.29, 1.82) is 0 Å². The molecule has 0 spiro atoms. The quantitative estimate of drug-likeness (QED) is 0.593. The predicted molar refractivity (Wildman–Crippen MR) is 69.7 cm³/mol. The minimum absolute atomic E-state index is 0.0388. The highest BCUT2D eigenvalue weighted by molar-refractivity contribution is 5.85. The monoisotopic (exact) mass is 228 g/mol. The van der Waals surface area contributed by atoms with Crippen molar-refractivity contribution >= 4 is 5.78 Å². The van der Waals surface area contributed by atoms with Crippen LogP contribution in [0.15, 0.2) is 0 Å². The first-order valence-electron chi connectivity index (χ1n) is 6.43. The molecule has 0 fully saturated rings. The van der Waals surface area contributed by atoms with E-state index in [-0.39, 0.29) is 12.0 Å². The molecular formula is C13H28N2O. The SMILES string of the molecule is CNCCCCC(NC(C)C)C(=O)C(C)C. The molecule has 2 N–H and O–H groups in total. The summed E-state index contributed by atoms with van der Waals surface area (Å²) in [6.07, 6.45) is 3.19. The Kier molecular flexibility index (Phi) is 8.49. The zero-order valence-electron chi connectivity index (χ0n) is 11.5. The maximum atomic E-state index is 12.0. The Balaban J connectivity index is 4.05. The average molecular weight is 228 g/mol. The van der Waals surface area contributed by atoms with Gasteiger partial charge in [0.25, 0.3) is 0 Å². The Morgan fingerprint density at radius 2 is 1.75 bits per heavy atom. The van der Waals surface area contributed by atoms with Crippen LogP contribution in [0.4, 0.5) is 0 Å². The molecule has 0 heterocycles. The molecule has 16 heavy (non-hydrogen) atoms. The Labute approximate surface area is 100 Å². The first-order chi connectivity index (χ1) is 7.49. The van der Waals surface area contributed by atoms with Gasteiger partial charge in [-0.15, -0.1) is 0 Å². The van der Waals surface area contributed by atoms with E-state index in [1.807, 2.05) is 20.9 Å². The molecule has 0 rings (SSSR count). The fraction of sp³-hybridized carbons (Fsp3) is 0.923. The van der Waals surface area contributed by atoms with Crippen LogP contribution in [0.2, 0.25) is 0 Å². The Morgan fingerprint density at radius 1 is 1.12 bits per heavy atom. The second-order valence-electron chi connectivity index (χ2n) is 5.03. The van der Waals surface area contributed by atoms with Crippen LogP contribution in [0.5, 0.6) is 0 Å². The molecule has 0 aliphatic rings. The Bertz CT molecular complexity index is 190. The number of rotatable bonds is 9. The van der Waals surface area contributed by atoms with Gasteiger partial charge in [0.05, 0.1) is 6.04 Å². The zero-order valence-corrected chi connectivity index (χ0v) is 11.5. The molecule has 1 atom stereocenters. The maximum Gasteiger partial charge on any atom is 0.152 e. The number of unbranched alkanes of at least 4 members (excludes halogenated alkanes) is 1. The van der Waals surface area contributed by atoms with Gasteiger partial charge in [-0.3, -0.25) is 4.79 Å². The Morgan fingerprint density at radius 3 is 2.19 bits per heavy atom. The van der Waals surface area contributed by atoms with E-state index in [0.29, 0.717) is 11.8 Å². The van der Waals surface area contributed by atoms with Crippen molar-refractivity contribution in [2.45, 2.75) is 59.0 Å². The van der Waals surface area contributed by atoms with Crippen molar-refractivity contribution in [3.05, 3.63) is 0 Å². The maximum absolute atomic E-state index is 12.0. The van der Waals surface area contributed by atoms with E-state index in [1.165, 1.54) is 0 Å². The highest BCUT2D eigenvalue weighted by atomic mass is 16.1. The normalized spacial score (nSPS) is 13.4. The van der Waals surface area contributed by atoms with Crippen molar-refractivity contribution in [2.75, 3.05) is 13.6 Å². The van der Waals surface area contributed by atoms with Gasteiger partial charge in [0.15, 0.2) is 5.78 Å². The van der Waals surface area contributed by atoms with Gasteiger partial charge in [-0.25, -0.2) is 0 Å². The van der Waals surface area contributed by atoms with E-state index in [0.717, 1.165) is 25.8 Å². The third-order valence-corrected chi connectivity index (χ3v) is 2.62. The van der Waals surface area contributed by atoms with E-state index >= 15 is 0 Å². The van der Waals surface area contributed by atoms with Crippen LogP contribution < -0.4 is 10.6 Å². The predicted octanol–water partition coefficient (Wildman–Crippen LogP) is 1.97. The summed E-state index contributed by atoms with van der Waals surface area (Å²) in [6, 6.07) is 0.411. The number of nitrogens with one attached hydrogen (secondary N) is 2. The summed E-state index contributed by atoms with van der Waals surface area (Å²) in [5, 5.41) is 6.50. The zero-order chi connectivity index (χ0) is 12.6. The molecule has 0 aromatic heterocycles. The van der Waals surface area contributed by atoms with E-state index in [4.69, 9.17) is 0 Å². The largest absolute Gasteiger partial charge is 0.320 e. The second-order valence-corrected chi connectivity index (χ2v) is 5.03. The molecule has 0 aliphatic heterocycles. The molecule has 1 unspecified atom stereocenters. The topological polar surface area (TPSA) is 41.1 Å². The van der Waals surface area contributed by atoms with Gasteiger partial charge in [-0.05, 0) is 26.4 Å². The lowest BCUT2D eigenvalue weighted by molar-refractivity contribution is -0.124. The second kappa shape index (κ2) is 8.71. The standard InChI is InChI=1S/C13H28N2O/c1-10(2)13(16)12(15-11(3)4)8-6-7-9-14-5/h10-12,14-15H,6-9H2,1-5H3. The number of hydrogen-bond donors (Lipinski definition) is 2. The highest BCUT2D eigenvalue weighted by Gasteiger charge is 2.20. The molecular weight excluding hydrogens is 200 g/mol. The summed E-state index contributed by atoms with van der Waals surface area (Å²) in [6.45, 7) is 9.17. The molecule has 0 aromatic rings. The lowest BCUT2D eigenvalue weighted by atomic mass is 9.96. The summed E-state index contributed by atoms with van der Waals surface area (Å²) in [4.78, 5) is 12.0. The third kappa shape index (κ3) is 6.96. The lowest BCUT2D eigenvalue weighted by Gasteiger charge is -2.21. The summed E-state index contributed by atoms with van der Waals surface area (Å²) in [5.74, 6) is 0.471. The number of carbonyl (C=O) groups is 1. The number of ketones is 1. The average Bonchev–Trinajstić information content (AvgIpc) is 2.20. The van der Waals surface area contributed by atoms with Crippen LogP contribution in [-0.4, -0.2) is 31.5 Å². The van der Waals surface area contributed by atoms with Crippen molar-refractivity contribution < 1.29 is 4.79 Å². The molecule has 3 heteroatoms. The molecule has 0 radical (unpaired) electrons. The third-order valence-electron chi connectivity index (χ3n) is 2.62.